The first-order valence-corrected chi connectivity index (χ1v) is 3.17. The summed E-state index contributed by atoms with van der Waals surface area (Å²) in [4.78, 5) is 23.4. The number of hydrogen-bond donors (Lipinski definition) is 5. The van der Waals surface area contributed by atoms with Crippen molar-refractivity contribution in [1.29, 1.82) is 0 Å². The second-order valence-corrected chi connectivity index (χ2v) is 2.05. The van der Waals surface area contributed by atoms with Crippen molar-refractivity contribution >= 4 is 13.9 Å². The minimum absolute atomic E-state index is 1.83. The van der Waals surface area contributed by atoms with Crippen LogP contribution in [0.25, 0.3) is 0 Å². The zero-order chi connectivity index (χ0) is 8.08. The molecule has 0 saturated carbocycles. The van der Waals surface area contributed by atoms with Crippen LogP contribution in [0.15, 0.2) is 0 Å². The number of nitrogens with two attached hydrogens (primary N) is 1. The summed E-state index contributed by atoms with van der Waals surface area (Å²) >= 11 is 0. The standard InChI is InChI=1S/CH2O3.H4NO3P/c2-1(3)4;1-5(2,3)4/h(H2,2,3,4);(H4,1,2,3,4). The highest BCUT2D eigenvalue weighted by molar-refractivity contribution is 7.49. The smallest absolute Gasteiger partial charge is 0.450 e. The van der Waals surface area contributed by atoms with Crippen molar-refractivity contribution in [3.8, 4) is 0 Å². The maximum absolute atomic E-state index is 9.10. The van der Waals surface area contributed by atoms with Crippen LogP contribution < -0.4 is 5.50 Å². The van der Waals surface area contributed by atoms with Gasteiger partial charge in [-0.25, -0.2) is 14.9 Å². The summed E-state index contributed by atoms with van der Waals surface area (Å²) in [5, 5.41) is 13.9. The molecular formula is CH6NO6P. The third-order valence-corrected chi connectivity index (χ3v) is 0. The molecule has 0 atom stereocenters. The van der Waals surface area contributed by atoms with Crippen molar-refractivity contribution in [3.05, 3.63) is 0 Å². The molecule has 0 rings (SSSR count). The minimum atomic E-state index is -4.14. The van der Waals surface area contributed by atoms with E-state index in [1.807, 2.05) is 0 Å². The molecule has 0 heterocycles. The Balaban J connectivity index is 0. The molecule has 0 amide bonds. The van der Waals surface area contributed by atoms with Crippen molar-refractivity contribution in [2.75, 3.05) is 0 Å². The second kappa shape index (κ2) is 4.28. The van der Waals surface area contributed by atoms with Gasteiger partial charge in [-0.15, -0.1) is 0 Å². The number of carbonyl (C=O) groups is 1. The summed E-state index contributed by atoms with van der Waals surface area (Å²) in [6.45, 7) is 0. The zero-order valence-corrected chi connectivity index (χ0v) is 5.02. The Morgan fingerprint density at radius 1 is 1.33 bits per heavy atom. The van der Waals surface area contributed by atoms with Crippen LogP contribution in [0, 0.1) is 0 Å². The van der Waals surface area contributed by atoms with Gasteiger partial charge in [0.2, 0.25) is 0 Å². The molecular weight excluding hydrogens is 153 g/mol. The van der Waals surface area contributed by atoms with Gasteiger partial charge in [-0.1, -0.05) is 0 Å². The third kappa shape index (κ3) is 556. The van der Waals surface area contributed by atoms with Crippen LogP contribution in [0.2, 0.25) is 0 Å². The van der Waals surface area contributed by atoms with Crippen LogP contribution in [0.1, 0.15) is 0 Å². The molecule has 0 radical (unpaired) electrons. The molecule has 0 aliphatic heterocycles. The maximum atomic E-state index is 9.10. The van der Waals surface area contributed by atoms with E-state index in [1.165, 1.54) is 0 Å². The monoisotopic (exact) mass is 159 g/mol. The van der Waals surface area contributed by atoms with E-state index in [2.05, 4.69) is 5.50 Å². The van der Waals surface area contributed by atoms with Gasteiger partial charge in [0.1, 0.15) is 0 Å². The molecule has 0 saturated heterocycles. The first-order valence-electron chi connectivity index (χ1n) is 1.49. The summed E-state index contributed by atoms with van der Waals surface area (Å²) < 4.78 is 9.10. The Kier molecular flexibility index (Phi) is 5.33. The Labute approximate surface area is 49.9 Å². The van der Waals surface area contributed by atoms with Crippen LogP contribution in [-0.2, 0) is 4.57 Å². The largest absolute Gasteiger partial charge is 0.503 e. The molecule has 8 heteroatoms. The van der Waals surface area contributed by atoms with Crippen LogP contribution >= 0.6 is 7.75 Å². The average molecular weight is 159 g/mol. The van der Waals surface area contributed by atoms with E-state index in [-0.39, 0.29) is 0 Å². The van der Waals surface area contributed by atoms with Crippen molar-refractivity contribution in [2.24, 2.45) is 5.50 Å². The van der Waals surface area contributed by atoms with Gasteiger partial charge in [-0.2, -0.15) is 0 Å². The predicted molar refractivity (Wildman–Crippen MR) is 26.9 cm³/mol. The lowest BCUT2D eigenvalue weighted by molar-refractivity contribution is 0.137. The maximum Gasteiger partial charge on any atom is 0.503 e. The molecule has 0 aromatic heterocycles. The van der Waals surface area contributed by atoms with Gasteiger partial charge >= 0.3 is 13.9 Å². The highest BCUT2D eigenvalue weighted by atomic mass is 31.2. The summed E-state index contributed by atoms with van der Waals surface area (Å²) in [7, 11) is -4.14. The molecule has 9 heavy (non-hydrogen) atoms. The quantitative estimate of drug-likeness (QED) is 0.293. The Bertz CT molecular complexity index is 113. The van der Waals surface area contributed by atoms with E-state index in [0.29, 0.717) is 0 Å². The first-order chi connectivity index (χ1) is 3.73. The van der Waals surface area contributed by atoms with Crippen molar-refractivity contribution in [1.82, 2.24) is 0 Å². The van der Waals surface area contributed by atoms with E-state index >= 15 is 0 Å². The van der Waals surface area contributed by atoms with E-state index in [0.717, 1.165) is 0 Å². The van der Waals surface area contributed by atoms with Crippen LogP contribution in [-0.4, -0.2) is 26.2 Å². The third-order valence-electron chi connectivity index (χ3n) is 0. The van der Waals surface area contributed by atoms with Gasteiger partial charge in [0.05, 0.1) is 0 Å². The molecule has 7 nitrogen and oxygen atoms in total. The van der Waals surface area contributed by atoms with Crippen molar-refractivity contribution in [3.63, 3.8) is 0 Å². The molecule has 0 spiro atoms. The van der Waals surface area contributed by atoms with Gasteiger partial charge in [-0.05, 0) is 0 Å². The molecule has 0 fully saturated rings. The van der Waals surface area contributed by atoms with E-state index in [9.17, 15) is 0 Å². The molecule has 0 unspecified atom stereocenters. The topological polar surface area (TPSA) is 141 Å². The van der Waals surface area contributed by atoms with E-state index in [1.54, 1.807) is 0 Å². The predicted octanol–water partition coefficient (Wildman–Crippen LogP) is -0.740. The van der Waals surface area contributed by atoms with Gasteiger partial charge < -0.3 is 20.0 Å². The number of hydrogen-bond acceptors (Lipinski definition) is 2. The van der Waals surface area contributed by atoms with Crippen molar-refractivity contribution < 1.29 is 29.4 Å². The fraction of sp³-hybridized carbons (Fsp3) is 0. The highest BCUT2D eigenvalue weighted by Crippen LogP contribution is 2.20. The lowest BCUT2D eigenvalue weighted by atomic mass is 11.5. The Morgan fingerprint density at radius 2 is 1.33 bits per heavy atom. The molecule has 0 aromatic carbocycles. The van der Waals surface area contributed by atoms with E-state index < -0.39 is 13.9 Å². The fourth-order valence-electron chi connectivity index (χ4n) is 0. The summed E-state index contributed by atoms with van der Waals surface area (Å²) in [5.41, 5.74) is 4.02. The van der Waals surface area contributed by atoms with Crippen LogP contribution in [0.5, 0.6) is 0 Å². The highest BCUT2D eigenvalue weighted by Gasteiger charge is 1.96. The lowest BCUT2D eigenvalue weighted by Crippen LogP contribution is -1.87. The molecule has 0 aliphatic carbocycles. The SMILES string of the molecule is NP(=O)(O)O.O=C(O)O. The first kappa shape index (κ1) is 11.2. The molecule has 0 bridgehead atoms. The van der Waals surface area contributed by atoms with Gasteiger partial charge in [-0.3, -0.25) is 0 Å². The van der Waals surface area contributed by atoms with Gasteiger partial charge in [0.15, 0.2) is 0 Å². The number of carboxylic acid groups (broad SMARTS) is 2. The Morgan fingerprint density at radius 3 is 1.33 bits per heavy atom. The van der Waals surface area contributed by atoms with Crippen molar-refractivity contribution in [2.45, 2.75) is 0 Å². The lowest BCUT2D eigenvalue weighted by Gasteiger charge is -1.84. The molecule has 0 aromatic rings. The molecule has 6 N–H and O–H groups in total. The normalized spacial score (nSPS) is 9.22. The summed E-state index contributed by atoms with van der Waals surface area (Å²) in [5.74, 6) is 0. The van der Waals surface area contributed by atoms with Crippen LogP contribution in [0.4, 0.5) is 4.79 Å². The van der Waals surface area contributed by atoms with Gasteiger partial charge in [0.25, 0.3) is 0 Å². The zero-order valence-electron chi connectivity index (χ0n) is 4.13. The fourth-order valence-corrected chi connectivity index (χ4v) is 0. The molecule has 0 aliphatic rings. The summed E-state index contributed by atoms with van der Waals surface area (Å²) in [6.07, 6.45) is -1.83. The minimum Gasteiger partial charge on any atom is -0.450 e. The molecule has 56 valence electrons. The average Bonchev–Trinajstić information content (AvgIpc) is 1.19. The van der Waals surface area contributed by atoms with Crippen LogP contribution in [0.3, 0.4) is 0 Å². The Hall–Kier alpha value is -0.620. The van der Waals surface area contributed by atoms with Gasteiger partial charge in [0, 0.05) is 0 Å². The second-order valence-electron chi connectivity index (χ2n) is 0.872. The number of rotatable bonds is 0. The summed E-state index contributed by atoms with van der Waals surface area (Å²) in [6, 6.07) is 0. The van der Waals surface area contributed by atoms with E-state index in [4.69, 9.17) is 29.4 Å².